The van der Waals surface area contributed by atoms with Gasteiger partial charge in [0.15, 0.2) is 0 Å². The van der Waals surface area contributed by atoms with Gasteiger partial charge in [-0.2, -0.15) is 0 Å². The Kier molecular flexibility index (Phi) is 4.37. The molecule has 0 saturated carbocycles. The lowest BCUT2D eigenvalue weighted by Crippen LogP contribution is -2.42. The molecule has 0 spiro atoms. The number of hydrogen-bond acceptors (Lipinski definition) is 3. The number of piperidine rings is 1. The van der Waals surface area contributed by atoms with E-state index in [1.54, 1.807) is 6.07 Å². The van der Waals surface area contributed by atoms with E-state index in [9.17, 15) is 4.39 Å². The maximum atomic E-state index is 13.9. The summed E-state index contributed by atoms with van der Waals surface area (Å²) in [6.07, 6.45) is 2.21. The van der Waals surface area contributed by atoms with Crippen LogP contribution >= 0.6 is 12.2 Å². The summed E-state index contributed by atoms with van der Waals surface area (Å²) in [6.45, 7) is 1.91. The zero-order valence-electron chi connectivity index (χ0n) is 11.4. The summed E-state index contributed by atoms with van der Waals surface area (Å²) in [5.41, 5.74) is 6.70. The predicted octanol–water partition coefficient (Wildman–Crippen LogP) is 1.99. The van der Waals surface area contributed by atoms with Gasteiger partial charge < -0.3 is 15.5 Å². The molecule has 0 bridgehead atoms. The van der Waals surface area contributed by atoms with Gasteiger partial charge in [-0.1, -0.05) is 12.2 Å². The van der Waals surface area contributed by atoms with Crippen LogP contribution in [0.1, 0.15) is 18.4 Å². The van der Waals surface area contributed by atoms with Crippen molar-refractivity contribution in [3.05, 3.63) is 29.6 Å². The van der Waals surface area contributed by atoms with E-state index in [0.29, 0.717) is 11.6 Å². The van der Waals surface area contributed by atoms with E-state index in [1.807, 2.05) is 6.07 Å². The molecule has 1 aromatic carbocycles. The Bertz CT molecular complexity index is 468. The molecule has 5 heteroatoms. The van der Waals surface area contributed by atoms with Crippen LogP contribution in [0.4, 0.5) is 10.1 Å². The molecule has 0 amide bonds. The van der Waals surface area contributed by atoms with Crippen LogP contribution in [0.2, 0.25) is 0 Å². The summed E-state index contributed by atoms with van der Waals surface area (Å²) in [5.74, 6) is -0.334. The molecule has 1 heterocycles. The first-order valence-electron chi connectivity index (χ1n) is 6.50. The van der Waals surface area contributed by atoms with Crippen molar-refractivity contribution in [3.8, 4) is 0 Å². The molecule has 0 aliphatic carbocycles. The first kappa shape index (κ1) is 14.2. The molecule has 0 unspecified atom stereocenters. The van der Waals surface area contributed by atoms with Crippen molar-refractivity contribution in [2.24, 2.45) is 5.73 Å². The van der Waals surface area contributed by atoms with E-state index in [-0.39, 0.29) is 10.8 Å². The van der Waals surface area contributed by atoms with Crippen LogP contribution in [-0.4, -0.2) is 43.1 Å². The van der Waals surface area contributed by atoms with Gasteiger partial charge >= 0.3 is 0 Å². The molecule has 3 nitrogen and oxygen atoms in total. The maximum Gasteiger partial charge on any atom is 0.135 e. The Morgan fingerprint density at radius 3 is 2.47 bits per heavy atom. The second kappa shape index (κ2) is 5.84. The first-order valence-corrected chi connectivity index (χ1v) is 6.90. The van der Waals surface area contributed by atoms with E-state index in [2.05, 4.69) is 23.9 Å². The highest BCUT2D eigenvalue weighted by atomic mass is 32.1. The van der Waals surface area contributed by atoms with Gasteiger partial charge in [-0.25, -0.2) is 4.39 Å². The zero-order valence-corrected chi connectivity index (χ0v) is 12.2. The van der Waals surface area contributed by atoms with Crippen LogP contribution in [0.5, 0.6) is 0 Å². The average molecular weight is 281 g/mol. The minimum absolute atomic E-state index is 0.107. The lowest BCUT2D eigenvalue weighted by atomic mass is 10.0. The molecule has 1 fully saturated rings. The number of nitrogens with two attached hydrogens (primary N) is 1. The van der Waals surface area contributed by atoms with Crippen molar-refractivity contribution < 1.29 is 4.39 Å². The Balaban J connectivity index is 2.08. The van der Waals surface area contributed by atoms with Gasteiger partial charge in [0, 0.05) is 30.4 Å². The molecule has 1 saturated heterocycles. The normalized spacial score (nSPS) is 16.9. The third-order valence-corrected chi connectivity index (χ3v) is 4.00. The molecule has 19 heavy (non-hydrogen) atoms. The highest BCUT2D eigenvalue weighted by Gasteiger charge is 2.21. The predicted molar refractivity (Wildman–Crippen MR) is 81.2 cm³/mol. The molecule has 0 atom stereocenters. The van der Waals surface area contributed by atoms with E-state index in [0.717, 1.165) is 31.6 Å². The van der Waals surface area contributed by atoms with Gasteiger partial charge in [-0.15, -0.1) is 0 Å². The van der Waals surface area contributed by atoms with Gasteiger partial charge in [0.2, 0.25) is 0 Å². The van der Waals surface area contributed by atoms with Crippen molar-refractivity contribution >= 4 is 22.9 Å². The summed E-state index contributed by atoms with van der Waals surface area (Å²) >= 11 is 4.81. The number of anilines is 1. The molecule has 2 N–H and O–H groups in total. The zero-order chi connectivity index (χ0) is 14.0. The van der Waals surface area contributed by atoms with Gasteiger partial charge in [0.05, 0.1) is 0 Å². The number of thiocarbonyl (C=S) groups is 1. The van der Waals surface area contributed by atoms with Crippen LogP contribution in [0.15, 0.2) is 18.2 Å². The summed E-state index contributed by atoms with van der Waals surface area (Å²) in [5, 5.41) is 0. The first-order chi connectivity index (χ1) is 8.99. The molecular weight excluding hydrogens is 261 g/mol. The number of halogens is 1. The summed E-state index contributed by atoms with van der Waals surface area (Å²) in [4.78, 5) is 4.58. The lowest BCUT2D eigenvalue weighted by molar-refractivity contribution is 0.249. The second-order valence-corrected chi connectivity index (χ2v) is 5.65. The minimum Gasteiger partial charge on any atom is -0.389 e. The van der Waals surface area contributed by atoms with Crippen molar-refractivity contribution in [1.82, 2.24) is 4.90 Å². The summed E-state index contributed by atoms with van der Waals surface area (Å²) in [7, 11) is 4.22. The average Bonchev–Trinajstić information content (AvgIpc) is 2.38. The number of benzene rings is 1. The van der Waals surface area contributed by atoms with Crippen LogP contribution in [0, 0.1) is 5.82 Å². The quantitative estimate of drug-likeness (QED) is 0.859. The smallest absolute Gasteiger partial charge is 0.135 e. The number of nitrogens with zero attached hydrogens (tertiary/aromatic N) is 2. The van der Waals surface area contributed by atoms with Crippen LogP contribution in [0.3, 0.4) is 0 Å². The van der Waals surface area contributed by atoms with Crippen LogP contribution in [-0.2, 0) is 0 Å². The molecule has 1 aliphatic heterocycles. The fraction of sp³-hybridized carbons (Fsp3) is 0.500. The van der Waals surface area contributed by atoms with E-state index in [4.69, 9.17) is 18.0 Å². The second-order valence-electron chi connectivity index (χ2n) is 5.21. The van der Waals surface area contributed by atoms with Gasteiger partial charge in [0.1, 0.15) is 10.8 Å². The van der Waals surface area contributed by atoms with Crippen LogP contribution in [0.25, 0.3) is 0 Å². The molecular formula is C14H20FN3S. The maximum absolute atomic E-state index is 13.9. The SMILES string of the molecule is CN(C)C1CCN(c2ccc(C(N)=S)c(F)c2)CC1. The highest BCUT2D eigenvalue weighted by Crippen LogP contribution is 2.23. The molecule has 2 rings (SSSR count). The molecule has 104 valence electrons. The Hall–Kier alpha value is -1.20. The number of rotatable bonds is 3. The highest BCUT2D eigenvalue weighted by molar-refractivity contribution is 7.80. The van der Waals surface area contributed by atoms with Crippen molar-refractivity contribution in [2.45, 2.75) is 18.9 Å². The van der Waals surface area contributed by atoms with Crippen molar-refractivity contribution in [2.75, 3.05) is 32.1 Å². The van der Waals surface area contributed by atoms with E-state index >= 15 is 0 Å². The van der Waals surface area contributed by atoms with Gasteiger partial charge in [0.25, 0.3) is 0 Å². The molecule has 1 aromatic rings. The Morgan fingerprint density at radius 2 is 2.00 bits per heavy atom. The van der Waals surface area contributed by atoms with Gasteiger partial charge in [-0.05, 0) is 45.1 Å². The molecule has 1 aliphatic rings. The van der Waals surface area contributed by atoms with Gasteiger partial charge in [-0.3, -0.25) is 0 Å². The third-order valence-electron chi connectivity index (χ3n) is 3.78. The summed E-state index contributed by atoms with van der Waals surface area (Å²) < 4.78 is 13.9. The largest absolute Gasteiger partial charge is 0.389 e. The third kappa shape index (κ3) is 3.22. The fourth-order valence-electron chi connectivity index (χ4n) is 2.54. The Labute approximate surface area is 119 Å². The van der Waals surface area contributed by atoms with E-state index < -0.39 is 0 Å². The molecule has 0 radical (unpaired) electrons. The Morgan fingerprint density at radius 1 is 1.37 bits per heavy atom. The standard InChI is InChI=1S/C14H20FN3S/c1-17(2)10-5-7-18(8-6-10)11-3-4-12(14(16)19)13(15)9-11/h3-4,9-10H,5-8H2,1-2H3,(H2,16,19). The monoisotopic (exact) mass is 281 g/mol. The number of hydrogen-bond donors (Lipinski definition) is 1. The fourth-order valence-corrected chi connectivity index (χ4v) is 2.71. The van der Waals surface area contributed by atoms with E-state index in [1.165, 1.54) is 6.07 Å². The van der Waals surface area contributed by atoms with Crippen LogP contribution < -0.4 is 10.6 Å². The van der Waals surface area contributed by atoms with Crippen molar-refractivity contribution in [1.29, 1.82) is 0 Å². The summed E-state index contributed by atoms with van der Waals surface area (Å²) in [6, 6.07) is 5.72. The van der Waals surface area contributed by atoms with Crippen molar-refractivity contribution in [3.63, 3.8) is 0 Å². The lowest BCUT2D eigenvalue weighted by Gasteiger charge is -2.36. The molecule has 0 aromatic heterocycles. The minimum atomic E-state index is -0.334. The topological polar surface area (TPSA) is 32.5 Å².